The smallest absolute Gasteiger partial charge is 0.225 e. The molecule has 1 aliphatic heterocycles. The van der Waals surface area contributed by atoms with Gasteiger partial charge < -0.3 is 10.0 Å². The number of halogens is 1. The van der Waals surface area contributed by atoms with Gasteiger partial charge in [-0.15, -0.1) is 0 Å². The predicted octanol–water partition coefficient (Wildman–Crippen LogP) is 2.08. The lowest BCUT2D eigenvalue weighted by atomic mass is 9.62. The Morgan fingerprint density at radius 2 is 1.95 bits per heavy atom. The van der Waals surface area contributed by atoms with Gasteiger partial charge in [0.25, 0.3) is 0 Å². The molecular formula is C17H21FN2O2. The van der Waals surface area contributed by atoms with Crippen molar-refractivity contribution in [2.75, 3.05) is 13.1 Å². The van der Waals surface area contributed by atoms with Crippen LogP contribution in [-0.4, -0.2) is 34.0 Å². The molecule has 0 spiro atoms. The molecule has 4 rings (SSSR count). The van der Waals surface area contributed by atoms with Crippen LogP contribution >= 0.6 is 0 Å². The van der Waals surface area contributed by atoms with Gasteiger partial charge in [0.2, 0.25) is 11.9 Å². The van der Waals surface area contributed by atoms with Crippen LogP contribution in [0, 0.1) is 23.7 Å². The number of nitrogens with zero attached hydrogens (tertiary/aromatic N) is 2. The summed E-state index contributed by atoms with van der Waals surface area (Å²) in [5.74, 6) is -0.348. The minimum atomic E-state index is -1.18. The first-order chi connectivity index (χ1) is 10.6. The normalized spacial score (nSPS) is 34.5. The van der Waals surface area contributed by atoms with E-state index in [-0.39, 0.29) is 23.7 Å². The molecule has 0 aromatic carbocycles. The number of rotatable bonds is 2. The summed E-state index contributed by atoms with van der Waals surface area (Å²) in [5.41, 5.74) is -0.875. The molecule has 2 saturated carbocycles. The van der Waals surface area contributed by atoms with Crippen LogP contribution in [0.4, 0.5) is 4.39 Å². The lowest BCUT2D eigenvalue weighted by molar-refractivity contribution is -0.165. The zero-order chi connectivity index (χ0) is 15.3. The summed E-state index contributed by atoms with van der Waals surface area (Å²) in [6.45, 7) is 1.08. The third-order valence-electron chi connectivity index (χ3n) is 5.66. The molecule has 1 N–H and O–H groups in total. The van der Waals surface area contributed by atoms with Crippen molar-refractivity contribution < 1.29 is 14.3 Å². The quantitative estimate of drug-likeness (QED) is 0.851. The molecule has 2 atom stereocenters. The largest absolute Gasteiger partial charge is 0.384 e. The maximum atomic E-state index is 14.2. The maximum Gasteiger partial charge on any atom is 0.225 e. The highest BCUT2D eigenvalue weighted by Gasteiger charge is 2.54. The molecule has 3 aliphatic rings. The van der Waals surface area contributed by atoms with E-state index < -0.39 is 11.5 Å². The van der Waals surface area contributed by atoms with Crippen LogP contribution in [0.5, 0.6) is 0 Å². The van der Waals surface area contributed by atoms with Crippen molar-refractivity contribution in [2.45, 2.75) is 37.7 Å². The Balaban J connectivity index is 1.67. The summed E-state index contributed by atoms with van der Waals surface area (Å²) < 4.78 is 14.2. The summed E-state index contributed by atoms with van der Waals surface area (Å²) in [4.78, 5) is 18.0. The van der Waals surface area contributed by atoms with E-state index in [0.717, 1.165) is 32.1 Å². The second-order valence-corrected chi connectivity index (χ2v) is 7.01. The number of aromatic nitrogens is 1. The van der Waals surface area contributed by atoms with Gasteiger partial charge in [0.15, 0.2) is 0 Å². The van der Waals surface area contributed by atoms with Crippen molar-refractivity contribution >= 4 is 5.91 Å². The van der Waals surface area contributed by atoms with Crippen LogP contribution in [0.15, 0.2) is 18.3 Å². The first kappa shape index (κ1) is 14.1. The molecule has 0 unspecified atom stereocenters. The first-order valence-electron chi connectivity index (χ1n) is 8.23. The molecule has 2 heterocycles. The van der Waals surface area contributed by atoms with Gasteiger partial charge in [0, 0.05) is 42.6 Å². The predicted molar refractivity (Wildman–Crippen MR) is 78.2 cm³/mol. The monoisotopic (exact) mass is 304 g/mol. The van der Waals surface area contributed by atoms with E-state index in [2.05, 4.69) is 4.98 Å². The van der Waals surface area contributed by atoms with Gasteiger partial charge in [0.1, 0.15) is 5.60 Å². The molecule has 1 aromatic heterocycles. The highest BCUT2D eigenvalue weighted by molar-refractivity contribution is 5.81. The summed E-state index contributed by atoms with van der Waals surface area (Å²) >= 11 is 0. The highest BCUT2D eigenvalue weighted by atomic mass is 19.1. The molecule has 3 fully saturated rings. The van der Waals surface area contributed by atoms with Crippen LogP contribution in [0.25, 0.3) is 0 Å². The van der Waals surface area contributed by atoms with E-state index >= 15 is 0 Å². The molecule has 2 aliphatic carbocycles. The Morgan fingerprint density at radius 3 is 2.55 bits per heavy atom. The zero-order valence-electron chi connectivity index (χ0n) is 12.5. The van der Waals surface area contributed by atoms with Crippen molar-refractivity contribution in [2.24, 2.45) is 17.8 Å². The Bertz CT molecular complexity index is 588. The lowest BCUT2D eigenvalue weighted by Gasteiger charge is -2.53. The van der Waals surface area contributed by atoms with Crippen molar-refractivity contribution in [3.8, 4) is 0 Å². The molecular weight excluding hydrogens is 283 g/mol. The van der Waals surface area contributed by atoms with Crippen molar-refractivity contribution in [1.82, 2.24) is 9.88 Å². The van der Waals surface area contributed by atoms with Crippen molar-refractivity contribution in [1.29, 1.82) is 0 Å². The van der Waals surface area contributed by atoms with Gasteiger partial charge in [0.05, 0.1) is 0 Å². The Hall–Kier alpha value is -1.49. The molecule has 5 heteroatoms. The van der Waals surface area contributed by atoms with Gasteiger partial charge in [-0.05, 0) is 31.7 Å². The Kier molecular flexibility index (Phi) is 3.22. The average Bonchev–Trinajstić information content (AvgIpc) is 3.31. The molecule has 2 bridgehead atoms. The number of carbonyl (C=O) groups excluding carboxylic acids is 1. The molecule has 1 amide bonds. The third kappa shape index (κ3) is 2.06. The highest BCUT2D eigenvalue weighted by Crippen LogP contribution is 2.50. The number of carbonyl (C=O) groups is 1. The second kappa shape index (κ2) is 5.01. The van der Waals surface area contributed by atoms with Crippen LogP contribution in [0.1, 0.15) is 37.7 Å². The SMILES string of the molecule is O=C(C1CC1)N1C[C@@H]2CCC[C@@H](C1)C2(O)c1cccnc1F. The molecule has 1 aromatic rings. The van der Waals surface area contributed by atoms with Gasteiger partial charge in [-0.2, -0.15) is 4.39 Å². The fourth-order valence-corrected chi connectivity index (χ4v) is 4.34. The number of piperidine rings is 1. The average molecular weight is 304 g/mol. The van der Waals surface area contributed by atoms with E-state index in [0.29, 0.717) is 18.7 Å². The summed E-state index contributed by atoms with van der Waals surface area (Å²) in [6, 6.07) is 3.32. The molecule has 4 nitrogen and oxygen atoms in total. The number of hydrogen-bond acceptors (Lipinski definition) is 3. The number of amides is 1. The van der Waals surface area contributed by atoms with Gasteiger partial charge in [-0.1, -0.05) is 12.5 Å². The number of likely N-dealkylation sites (tertiary alicyclic amines) is 1. The van der Waals surface area contributed by atoms with Crippen LogP contribution in [-0.2, 0) is 10.4 Å². The lowest BCUT2D eigenvalue weighted by Crippen LogP contribution is -2.59. The van der Waals surface area contributed by atoms with E-state index in [1.54, 1.807) is 12.1 Å². The van der Waals surface area contributed by atoms with E-state index in [1.165, 1.54) is 6.20 Å². The summed E-state index contributed by atoms with van der Waals surface area (Å²) in [5, 5.41) is 11.3. The topological polar surface area (TPSA) is 53.4 Å². The Morgan fingerprint density at radius 1 is 1.27 bits per heavy atom. The van der Waals surface area contributed by atoms with Gasteiger partial charge in [-0.25, -0.2) is 4.98 Å². The number of pyridine rings is 1. The first-order valence-corrected chi connectivity index (χ1v) is 8.23. The maximum absolute atomic E-state index is 14.2. The van der Waals surface area contributed by atoms with E-state index in [9.17, 15) is 14.3 Å². The van der Waals surface area contributed by atoms with E-state index in [4.69, 9.17) is 0 Å². The van der Waals surface area contributed by atoms with Crippen LogP contribution in [0.2, 0.25) is 0 Å². The number of hydrogen-bond donors (Lipinski definition) is 1. The van der Waals surface area contributed by atoms with Gasteiger partial charge in [-0.3, -0.25) is 4.79 Å². The molecule has 118 valence electrons. The van der Waals surface area contributed by atoms with Crippen LogP contribution in [0.3, 0.4) is 0 Å². The molecule has 22 heavy (non-hydrogen) atoms. The fourth-order valence-electron chi connectivity index (χ4n) is 4.34. The van der Waals surface area contributed by atoms with Crippen molar-refractivity contribution in [3.63, 3.8) is 0 Å². The minimum Gasteiger partial charge on any atom is -0.384 e. The number of aliphatic hydroxyl groups is 1. The van der Waals surface area contributed by atoms with E-state index in [1.807, 2.05) is 4.90 Å². The summed E-state index contributed by atoms with van der Waals surface area (Å²) in [6.07, 6.45) is 6.08. The second-order valence-electron chi connectivity index (χ2n) is 7.01. The minimum absolute atomic E-state index is 0.0959. The Labute approximate surface area is 129 Å². The van der Waals surface area contributed by atoms with Crippen LogP contribution < -0.4 is 0 Å². The zero-order valence-corrected chi connectivity index (χ0v) is 12.5. The van der Waals surface area contributed by atoms with Gasteiger partial charge >= 0.3 is 0 Å². The molecule has 1 saturated heterocycles. The third-order valence-corrected chi connectivity index (χ3v) is 5.66. The fraction of sp³-hybridized carbons (Fsp3) is 0.647. The van der Waals surface area contributed by atoms with Crippen molar-refractivity contribution in [3.05, 3.63) is 29.8 Å². The summed E-state index contributed by atoms with van der Waals surface area (Å²) in [7, 11) is 0. The standard InChI is InChI=1S/C17H21FN2O2/c18-15-14(5-2-8-19-15)17(22)12-3-1-4-13(17)10-20(9-12)16(21)11-6-7-11/h2,5,8,11-13,22H,1,3-4,6-7,9-10H2/t12-,13-/m0/s1. The molecule has 0 radical (unpaired) electrons. The number of fused-ring (bicyclic) bond motifs is 2.